The number of H-pyrrole nitrogens is 1. The number of anilines is 1. The van der Waals surface area contributed by atoms with Crippen LogP contribution in [0.5, 0.6) is 0 Å². The summed E-state index contributed by atoms with van der Waals surface area (Å²) in [6.07, 6.45) is 1.59. The van der Waals surface area contributed by atoms with Gasteiger partial charge in [0.25, 0.3) is 5.69 Å². The zero-order valence-corrected chi connectivity index (χ0v) is 14.1. The summed E-state index contributed by atoms with van der Waals surface area (Å²) in [5, 5.41) is 14.0. The van der Waals surface area contributed by atoms with Crippen LogP contribution in [-0.4, -0.2) is 26.6 Å². The van der Waals surface area contributed by atoms with Crippen LogP contribution in [0.25, 0.3) is 11.3 Å². The molecule has 2 N–H and O–H groups in total. The molecule has 3 aromatic rings. The van der Waals surface area contributed by atoms with E-state index in [2.05, 4.69) is 15.3 Å². The average Bonchev–Trinajstić information content (AvgIpc) is 3.10. The normalized spacial score (nSPS) is 10.5. The fourth-order valence-corrected chi connectivity index (χ4v) is 2.86. The van der Waals surface area contributed by atoms with E-state index in [0.29, 0.717) is 10.9 Å². The fourth-order valence-electron chi connectivity index (χ4n) is 2.21. The number of carbonyl (C=O) groups excluding carboxylic acids is 1. The summed E-state index contributed by atoms with van der Waals surface area (Å²) in [5.41, 5.74) is 1.46. The second kappa shape index (κ2) is 7.79. The topological polar surface area (TPSA) is 101 Å². The van der Waals surface area contributed by atoms with Gasteiger partial charge in [-0.05, 0) is 35.9 Å². The van der Waals surface area contributed by atoms with Gasteiger partial charge in [-0.1, -0.05) is 23.9 Å². The van der Waals surface area contributed by atoms with Crippen LogP contribution in [0.4, 0.5) is 15.8 Å². The molecule has 26 heavy (non-hydrogen) atoms. The van der Waals surface area contributed by atoms with Crippen LogP contribution in [0.15, 0.2) is 59.9 Å². The third kappa shape index (κ3) is 4.25. The van der Waals surface area contributed by atoms with Gasteiger partial charge in [-0.15, -0.1) is 0 Å². The molecule has 0 saturated heterocycles. The zero-order chi connectivity index (χ0) is 18.5. The first-order valence-electron chi connectivity index (χ1n) is 7.50. The van der Waals surface area contributed by atoms with Crippen LogP contribution in [0, 0.1) is 15.9 Å². The predicted molar refractivity (Wildman–Crippen MR) is 96.4 cm³/mol. The Morgan fingerprint density at radius 1 is 1.23 bits per heavy atom. The van der Waals surface area contributed by atoms with E-state index in [-0.39, 0.29) is 28.9 Å². The van der Waals surface area contributed by atoms with Crippen molar-refractivity contribution < 1.29 is 14.1 Å². The molecule has 0 spiro atoms. The SMILES string of the molecule is O=C(CSc1ncc(-c2ccc(F)cc2)[nH]1)Nc1ccccc1[N+](=O)[O-]. The van der Waals surface area contributed by atoms with Gasteiger partial charge in [0.2, 0.25) is 5.91 Å². The number of nitro benzene ring substituents is 1. The number of hydrogen-bond donors (Lipinski definition) is 2. The summed E-state index contributed by atoms with van der Waals surface area (Å²) in [6.45, 7) is 0. The number of nitrogens with one attached hydrogen (secondary N) is 2. The minimum atomic E-state index is -0.551. The molecule has 0 aliphatic heterocycles. The van der Waals surface area contributed by atoms with Crippen molar-refractivity contribution in [1.82, 2.24) is 9.97 Å². The minimum absolute atomic E-state index is 0.0302. The van der Waals surface area contributed by atoms with E-state index in [9.17, 15) is 19.3 Å². The third-order valence-electron chi connectivity index (χ3n) is 3.42. The van der Waals surface area contributed by atoms with Crippen molar-refractivity contribution >= 4 is 29.0 Å². The third-order valence-corrected chi connectivity index (χ3v) is 4.31. The number of aromatic nitrogens is 2. The number of halogens is 1. The largest absolute Gasteiger partial charge is 0.333 e. The van der Waals surface area contributed by atoms with Gasteiger partial charge in [0, 0.05) is 6.07 Å². The van der Waals surface area contributed by atoms with Crippen molar-refractivity contribution in [1.29, 1.82) is 0 Å². The van der Waals surface area contributed by atoms with Crippen LogP contribution in [0.1, 0.15) is 0 Å². The second-order valence-electron chi connectivity index (χ2n) is 5.22. The maximum absolute atomic E-state index is 13.0. The van der Waals surface area contributed by atoms with Crippen molar-refractivity contribution in [2.45, 2.75) is 5.16 Å². The number of nitro groups is 1. The molecule has 0 aliphatic rings. The van der Waals surface area contributed by atoms with Crippen molar-refractivity contribution in [3.05, 3.63) is 70.7 Å². The Labute approximate surface area is 151 Å². The van der Waals surface area contributed by atoms with E-state index < -0.39 is 4.92 Å². The van der Waals surface area contributed by atoms with Crippen molar-refractivity contribution in [3.8, 4) is 11.3 Å². The molecule has 7 nitrogen and oxygen atoms in total. The number of thioether (sulfide) groups is 1. The lowest BCUT2D eigenvalue weighted by Gasteiger charge is -2.04. The molecule has 0 unspecified atom stereocenters. The van der Waals surface area contributed by atoms with Crippen LogP contribution in [0.2, 0.25) is 0 Å². The first-order valence-corrected chi connectivity index (χ1v) is 8.48. The number of nitrogens with zero attached hydrogens (tertiary/aromatic N) is 2. The number of para-hydroxylation sites is 2. The van der Waals surface area contributed by atoms with Crippen LogP contribution >= 0.6 is 11.8 Å². The fraction of sp³-hybridized carbons (Fsp3) is 0.0588. The van der Waals surface area contributed by atoms with Crippen molar-refractivity contribution in [2.24, 2.45) is 0 Å². The zero-order valence-electron chi connectivity index (χ0n) is 13.3. The average molecular weight is 372 g/mol. The quantitative estimate of drug-likeness (QED) is 0.389. The lowest BCUT2D eigenvalue weighted by Crippen LogP contribution is -2.15. The number of aromatic amines is 1. The molecule has 3 rings (SSSR count). The Kier molecular flexibility index (Phi) is 5.28. The highest BCUT2D eigenvalue weighted by Crippen LogP contribution is 2.25. The van der Waals surface area contributed by atoms with E-state index in [1.165, 1.54) is 30.3 Å². The molecule has 9 heteroatoms. The Hall–Kier alpha value is -3.20. The molecule has 2 aromatic carbocycles. The van der Waals surface area contributed by atoms with Gasteiger partial charge in [0.15, 0.2) is 5.16 Å². The molecule has 0 radical (unpaired) electrons. The first-order chi connectivity index (χ1) is 12.5. The van der Waals surface area contributed by atoms with Gasteiger partial charge in [0.1, 0.15) is 11.5 Å². The number of amides is 1. The molecule has 132 valence electrons. The number of benzene rings is 2. The molecular weight excluding hydrogens is 359 g/mol. The molecule has 0 aliphatic carbocycles. The van der Waals surface area contributed by atoms with E-state index in [1.807, 2.05) is 0 Å². The number of rotatable bonds is 6. The van der Waals surface area contributed by atoms with E-state index in [1.54, 1.807) is 24.4 Å². The van der Waals surface area contributed by atoms with Crippen LogP contribution < -0.4 is 5.32 Å². The summed E-state index contributed by atoms with van der Waals surface area (Å²) in [6, 6.07) is 11.9. The first kappa shape index (κ1) is 17.6. The highest BCUT2D eigenvalue weighted by molar-refractivity contribution is 7.99. The second-order valence-corrected chi connectivity index (χ2v) is 6.18. The lowest BCUT2D eigenvalue weighted by atomic mass is 10.2. The number of imidazole rings is 1. The molecule has 0 fully saturated rings. The summed E-state index contributed by atoms with van der Waals surface area (Å²) in [5.74, 6) is -0.679. The lowest BCUT2D eigenvalue weighted by molar-refractivity contribution is -0.383. The van der Waals surface area contributed by atoms with Gasteiger partial charge in [-0.2, -0.15) is 0 Å². The van der Waals surface area contributed by atoms with Gasteiger partial charge >= 0.3 is 0 Å². The molecule has 0 atom stereocenters. The molecule has 1 aromatic heterocycles. The van der Waals surface area contributed by atoms with Gasteiger partial charge in [-0.25, -0.2) is 9.37 Å². The number of hydrogen-bond acceptors (Lipinski definition) is 5. The summed E-state index contributed by atoms with van der Waals surface area (Å²) >= 11 is 1.16. The van der Waals surface area contributed by atoms with E-state index in [4.69, 9.17) is 0 Å². The molecule has 0 bridgehead atoms. The number of carbonyl (C=O) groups is 1. The highest BCUT2D eigenvalue weighted by Gasteiger charge is 2.15. The standard InChI is InChI=1S/C17H13FN4O3S/c18-12-7-5-11(6-8-12)14-9-19-17(21-14)26-10-16(23)20-13-3-1-2-4-15(13)22(24)25/h1-9H,10H2,(H,19,21)(H,20,23). The molecular formula is C17H13FN4O3S. The maximum atomic E-state index is 13.0. The summed E-state index contributed by atoms with van der Waals surface area (Å²) in [4.78, 5) is 29.6. The summed E-state index contributed by atoms with van der Waals surface area (Å²) in [7, 11) is 0. The Bertz CT molecular complexity index is 943. The molecule has 0 saturated carbocycles. The monoisotopic (exact) mass is 372 g/mol. The van der Waals surface area contributed by atoms with Crippen LogP contribution in [0.3, 0.4) is 0 Å². The van der Waals surface area contributed by atoms with E-state index >= 15 is 0 Å². The maximum Gasteiger partial charge on any atom is 0.292 e. The Morgan fingerprint density at radius 2 is 1.96 bits per heavy atom. The van der Waals surface area contributed by atoms with Crippen molar-refractivity contribution in [3.63, 3.8) is 0 Å². The molecule has 1 heterocycles. The van der Waals surface area contributed by atoms with Crippen molar-refractivity contribution in [2.75, 3.05) is 11.1 Å². The minimum Gasteiger partial charge on any atom is -0.333 e. The highest BCUT2D eigenvalue weighted by atomic mass is 32.2. The predicted octanol–water partition coefficient (Wildman–Crippen LogP) is 3.85. The van der Waals surface area contributed by atoms with Crippen LogP contribution in [-0.2, 0) is 4.79 Å². The van der Waals surface area contributed by atoms with Gasteiger partial charge < -0.3 is 10.3 Å². The summed E-state index contributed by atoms with van der Waals surface area (Å²) < 4.78 is 13.0. The van der Waals surface area contributed by atoms with Gasteiger partial charge in [0.05, 0.1) is 22.6 Å². The Morgan fingerprint density at radius 3 is 2.69 bits per heavy atom. The van der Waals surface area contributed by atoms with E-state index in [0.717, 1.165) is 17.3 Å². The molecule has 1 amide bonds. The van der Waals surface area contributed by atoms with Gasteiger partial charge in [-0.3, -0.25) is 14.9 Å². The smallest absolute Gasteiger partial charge is 0.292 e. The Balaban J connectivity index is 1.60.